The molecule has 0 radical (unpaired) electrons. The predicted molar refractivity (Wildman–Crippen MR) is 116 cm³/mol. The first-order valence-electron chi connectivity index (χ1n) is 10.4. The van der Waals surface area contributed by atoms with Crippen molar-refractivity contribution in [2.75, 3.05) is 23.4 Å². The van der Waals surface area contributed by atoms with Gasteiger partial charge in [-0.3, -0.25) is 9.59 Å². The number of nitrogens with zero attached hydrogens (tertiary/aromatic N) is 1. The van der Waals surface area contributed by atoms with Crippen molar-refractivity contribution in [3.8, 4) is 11.3 Å². The van der Waals surface area contributed by atoms with Gasteiger partial charge in [0.15, 0.2) is 6.61 Å². The molecule has 1 N–H and O–H groups in total. The van der Waals surface area contributed by atoms with Crippen LogP contribution in [0.1, 0.15) is 29.0 Å². The van der Waals surface area contributed by atoms with E-state index in [2.05, 4.69) is 5.32 Å². The van der Waals surface area contributed by atoms with Crippen LogP contribution in [-0.2, 0) is 20.5 Å². The third-order valence-electron chi connectivity index (χ3n) is 5.13. The number of ether oxygens (including phenoxy) is 1. The zero-order valence-electron chi connectivity index (χ0n) is 17.7. The Hall–Kier alpha value is -4.08. The standard InChI is InChI=1S/C24H19F3N2O5/c25-24(26,27)16-5-1-4-15(12-16)19-9-10-20(34-19)23(32)33-14-21(30)28-17-6-2-7-18(13-17)29-11-3-8-22(29)31/h1-2,4-7,9-10,12-13H,3,8,11,14H2,(H,28,30). The second kappa shape index (κ2) is 9.42. The fourth-order valence-electron chi connectivity index (χ4n) is 3.52. The SMILES string of the molecule is O=C(COC(=O)c1ccc(-c2cccc(C(F)(F)F)c2)o1)Nc1cccc(N2CCCC2=O)c1. The van der Waals surface area contributed by atoms with Crippen molar-refractivity contribution in [2.24, 2.45) is 0 Å². The van der Waals surface area contributed by atoms with Crippen molar-refractivity contribution in [1.29, 1.82) is 0 Å². The van der Waals surface area contributed by atoms with Crippen LogP contribution in [0, 0.1) is 0 Å². The van der Waals surface area contributed by atoms with Gasteiger partial charge in [0, 0.05) is 29.9 Å². The molecule has 0 bridgehead atoms. The number of anilines is 2. The summed E-state index contributed by atoms with van der Waals surface area (Å²) in [5, 5.41) is 2.59. The maximum absolute atomic E-state index is 12.9. The van der Waals surface area contributed by atoms with Crippen LogP contribution in [0.2, 0.25) is 0 Å². The number of hydrogen-bond acceptors (Lipinski definition) is 5. The van der Waals surface area contributed by atoms with E-state index in [4.69, 9.17) is 9.15 Å². The summed E-state index contributed by atoms with van der Waals surface area (Å²) in [5.74, 6) is -1.74. The number of rotatable bonds is 6. The van der Waals surface area contributed by atoms with Gasteiger partial charge in [0.1, 0.15) is 5.76 Å². The number of halogens is 3. The zero-order chi connectivity index (χ0) is 24.3. The number of benzene rings is 2. The third kappa shape index (κ3) is 5.28. The highest BCUT2D eigenvalue weighted by Crippen LogP contribution is 2.32. The molecule has 1 aromatic heterocycles. The van der Waals surface area contributed by atoms with Crippen LogP contribution in [0.25, 0.3) is 11.3 Å². The first-order chi connectivity index (χ1) is 16.2. The van der Waals surface area contributed by atoms with Crippen LogP contribution in [0.15, 0.2) is 65.1 Å². The maximum Gasteiger partial charge on any atom is 0.416 e. The van der Waals surface area contributed by atoms with Crippen molar-refractivity contribution in [2.45, 2.75) is 19.0 Å². The summed E-state index contributed by atoms with van der Waals surface area (Å²) in [5.41, 5.74) is 0.390. The Morgan fingerprint density at radius 2 is 1.85 bits per heavy atom. The monoisotopic (exact) mass is 472 g/mol. The van der Waals surface area contributed by atoms with E-state index in [1.54, 1.807) is 29.2 Å². The van der Waals surface area contributed by atoms with Gasteiger partial charge in [-0.15, -0.1) is 0 Å². The minimum Gasteiger partial charge on any atom is -0.450 e. The van der Waals surface area contributed by atoms with E-state index in [1.165, 1.54) is 24.3 Å². The Bertz CT molecular complexity index is 1240. The fourth-order valence-corrected chi connectivity index (χ4v) is 3.52. The number of hydrogen-bond donors (Lipinski definition) is 1. The van der Waals surface area contributed by atoms with Crippen molar-refractivity contribution < 1.29 is 36.7 Å². The van der Waals surface area contributed by atoms with Gasteiger partial charge in [-0.2, -0.15) is 13.2 Å². The van der Waals surface area contributed by atoms with Gasteiger partial charge in [-0.1, -0.05) is 18.2 Å². The summed E-state index contributed by atoms with van der Waals surface area (Å²) in [7, 11) is 0. The Morgan fingerprint density at radius 1 is 1.06 bits per heavy atom. The van der Waals surface area contributed by atoms with Crippen LogP contribution in [0.5, 0.6) is 0 Å². The van der Waals surface area contributed by atoms with Crippen molar-refractivity contribution in [3.63, 3.8) is 0 Å². The van der Waals surface area contributed by atoms with Gasteiger partial charge in [0.2, 0.25) is 11.7 Å². The number of carbonyl (C=O) groups is 3. The molecular weight excluding hydrogens is 453 g/mol. The first-order valence-corrected chi connectivity index (χ1v) is 10.4. The number of esters is 1. The summed E-state index contributed by atoms with van der Waals surface area (Å²) in [6.45, 7) is 0.00474. The van der Waals surface area contributed by atoms with E-state index in [0.29, 0.717) is 24.3 Å². The minimum atomic E-state index is -4.51. The van der Waals surface area contributed by atoms with Crippen LogP contribution in [-0.4, -0.2) is 30.9 Å². The summed E-state index contributed by atoms with van der Waals surface area (Å²) in [6, 6.07) is 13.8. The van der Waals surface area contributed by atoms with Crippen LogP contribution < -0.4 is 10.2 Å². The lowest BCUT2D eigenvalue weighted by Crippen LogP contribution is -2.24. The molecule has 2 aromatic carbocycles. The molecule has 176 valence electrons. The molecule has 7 nitrogen and oxygen atoms in total. The first kappa shape index (κ1) is 23.1. The van der Waals surface area contributed by atoms with Gasteiger partial charge < -0.3 is 19.4 Å². The summed E-state index contributed by atoms with van der Waals surface area (Å²) >= 11 is 0. The van der Waals surface area contributed by atoms with Crippen LogP contribution in [0.4, 0.5) is 24.5 Å². The largest absolute Gasteiger partial charge is 0.450 e. The molecule has 10 heteroatoms. The van der Waals surface area contributed by atoms with Crippen LogP contribution in [0.3, 0.4) is 0 Å². The van der Waals surface area contributed by atoms with E-state index in [9.17, 15) is 27.6 Å². The summed E-state index contributed by atoms with van der Waals surface area (Å²) < 4.78 is 49.0. The molecule has 0 saturated carbocycles. The van der Waals surface area contributed by atoms with Crippen molar-refractivity contribution in [1.82, 2.24) is 0 Å². The van der Waals surface area contributed by atoms with E-state index in [1.807, 2.05) is 0 Å². The molecule has 3 aromatic rings. The Kier molecular flexibility index (Phi) is 6.40. The molecule has 1 fully saturated rings. The molecule has 0 spiro atoms. The smallest absolute Gasteiger partial charge is 0.416 e. The average Bonchev–Trinajstić information content (AvgIpc) is 3.47. The molecule has 0 atom stereocenters. The lowest BCUT2D eigenvalue weighted by molar-refractivity contribution is -0.137. The van der Waals surface area contributed by atoms with E-state index in [0.717, 1.165) is 18.6 Å². The molecule has 0 unspecified atom stereocenters. The number of carbonyl (C=O) groups excluding carboxylic acids is 3. The summed E-state index contributed by atoms with van der Waals surface area (Å²) in [6.07, 6.45) is -3.26. The maximum atomic E-state index is 12.9. The van der Waals surface area contributed by atoms with Gasteiger partial charge in [0.05, 0.1) is 5.56 Å². The van der Waals surface area contributed by atoms with Gasteiger partial charge >= 0.3 is 12.1 Å². The molecule has 1 aliphatic heterocycles. The highest BCUT2D eigenvalue weighted by Gasteiger charge is 2.30. The summed E-state index contributed by atoms with van der Waals surface area (Å²) in [4.78, 5) is 37.9. The highest BCUT2D eigenvalue weighted by molar-refractivity contribution is 5.98. The van der Waals surface area contributed by atoms with Crippen molar-refractivity contribution >= 4 is 29.2 Å². The molecular formula is C24H19F3N2O5. The Labute approximate surface area is 192 Å². The van der Waals surface area contributed by atoms with Crippen molar-refractivity contribution in [3.05, 3.63) is 72.0 Å². The molecule has 0 aliphatic carbocycles. The highest BCUT2D eigenvalue weighted by atomic mass is 19.4. The minimum absolute atomic E-state index is 0.0142. The molecule has 34 heavy (non-hydrogen) atoms. The van der Waals surface area contributed by atoms with Gasteiger partial charge in [-0.05, 0) is 48.9 Å². The number of alkyl halides is 3. The van der Waals surface area contributed by atoms with E-state index < -0.39 is 30.2 Å². The molecule has 2 amide bonds. The predicted octanol–water partition coefficient (Wildman–Crippen LogP) is 4.89. The number of amides is 2. The lowest BCUT2D eigenvalue weighted by atomic mass is 10.1. The normalized spacial score (nSPS) is 13.7. The van der Waals surface area contributed by atoms with E-state index in [-0.39, 0.29) is 23.0 Å². The quantitative estimate of drug-likeness (QED) is 0.516. The van der Waals surface area contributed by atoms with Gasteiger partial charge in [0.25, 0.3) is 5.91 Å². The topological polar surface area (TPSA) is 88.8 Å². The third-order valence-corrected chi connectivity index (χ3v) is 5.13. The Balaban J connectivity index is 1.34. The van der Waals surface area contributed by atoms with E-state index >= 15 is 0 Å². The Morgan fingerprint density at radius 3 is 2.59 bits per heavy atom. The number of furan rings is 1. The average molecular weight is 472 g/mol. The fraction of sp³-hybridized carbons (Fsp3) is 0.208. The second-order valence-corrected chi connectivity index (χ2v) is 7.57. The van der Waals surface area contributed by atoms with Crippen LogP contribution >= 0.6 is 0 Å². The molecule has 1 saturated heterocycles. The number of nitrogens with one attached hydrogen (secondary N) is 1. The molecule has 1 aliphatic rings. The zero-order valence-corrected chi connectivity index (χ0v) is 17.7. The lowest BCUT2D eigenvalue weighted by Gasteiger charge is -2.16. The molecule has 2 heterocycles. The van der Waals surface area contributed by atoms with Gasteiger partial charge in [-0.25, -0.2) is 4.79 Å². The second-order valence-electron chi connectivity index (χ2n) is 7.57. The molecule has 4 rings (SSSR count).